The second kappa shape index (κ2) is 5.35. The zero-order chi connectivity index (χ0) is 15.0. The van der Waals surface area contributed by atoms with Gasteiger partial charge in [0.1, 0.15) is 11.9 Å². The number of nitrogen functional groups attached to an aromatic ring is 1. The maximum atomic E-state index is 12.5. The van der Waals surface area contributed by atoms with Crippen LogP contribution in [0, 0.1) is 0 Å². The molecule has 0 bridgehead atoms. The summed E-state index contributed by atoms with van der Waals surface area (Å²) in [6.07, 6.45) is 0.231. The van der Waals surface area contributed by atoms with Crippen molar-refractivity contribution in [2.24, 2.45) is 0 Å². The lowest BCUT2D eigenvalue weighted by atomic mass is 10.1. The number of ether oxygens (including phenoxy) is 1. The quantitative estimate of drug-likeness (QED) is 0.846. The summed E-state index contributed by atoms with van der Waals surface area (Å²) in [4.78, 5) is 0.149. The van der Waals surface area contributed by atoms with E-state index < -0.39 is 9.84 Å². The Morgan fingerprint density at radius 1 is 1.24 bits per heavy atom. The third kappa shape index (κ3) is 2.91. The Morgan fingerprint density at radius 2 is 2.00 bits per heavy atom. The lowest BCUT2D eigenvalue weighted by molar-refractivity contribution is 0.256. The van der Waals surface area contributed by atoms with Crippen molar-refractivity contribution in [1.82, 2.24) is 0 Å². The maximum absolute atomic E-state index is 12.5. The predicted octanol–water partition coefficient (Wildman–Crippen LogP) is 2.81. The van der Waals surface area contributed by atoms with Gasteiger partial charge >= 0.3 is 0 Å². The van der Waals surface area contributed by atoms with Gasteiger partial charge in [0.2, 0.25) is 0 Å². The molecule has 0 aromatic heterocycles. The highest BCUT2D eigenvalue weighted by Crippen LogP contribution is 2.31. The Bertz CT molecular complexity index is 764. The van der Waals surface area contributed by atoms with Crippen molar-refractivity contribution in [3.63, 3.8) is 0 Å². The Morgan fingerprint density at radius 3 is 2.76 bits per heavy atom. The minimum absolute atomic E-state index is 0.0810. The first-order chi connectivity index (χ1) is 9.95. The zero-order valence-corrected chi connectivity index (χ0v) is 13.5. The van der Waals surface area contributed by atoms with Gasteiger partial charge in [-0.2, -0.15) is 0 Å². The molecule has 2 aromatic rings. The minimum Gasteiger partial charge on any atom is -0.489 e. The van der Waals surface area contributed by atoms with Crippen molar-refractivity contribution in [1.29, 1.82) is 0 Å². The lowest BCUT2D eigenvalue weighted by Crippen LogP contribution is -2.25. The first kappa shape index (κ1) is 14.4. The molecule has 4 nitrogen and oxygen atoms in total. The van der Waals surface area contributed by atoms with E-state index in [1.54, 1.807) is 12.1 Å². The molecule has 1 unspecified atom stereocenters. The normalized spacial score (nSPS) is 17.3. The molecule has 0 amide bonds. The van der Waals surface area contributed by atoms with E-state index in [-0.39, 0.29) is 22.4 Å². The van der Waals surface area contributed by atoms with Gasteiger partial charge in [-0.05, 0) is 29.8 Å². The number of para-hydroxylation sites is 1. The van der Waals surface area contributed by atoms with E-state index in [1.165, 1.54) is 6.07 Å². The Labute approximate surface area is 132 Å². The molecule has 6 heteroatoms. The van der Waals surface area contributed by atoms with Crippen LogP contribution in [0.5, 0.6) is 5.75 Å². The van der Waals surface area contributed by atoms with Gasteiger partial charge in [0, 0.05) is 10.9 Å². The van der Waals surface area contributed by atoms with Crippen LogP contribution in [0.2, 0.25) is 0 Å². The largest absolute Gasteiger partial charge is 0.489 e. The number of hydrogen-bond acceptors (Lipinski definition) is 4. The first-order valence-corrected chi connectivity index (χ1v) is 8.92. The van der Waals surface area contributed by atoms with Crippen LogP contribution in [0.25, 0.3) is 0 Å². The van der Waals surface area contributed by atoms with Gasteiger partial charge in [-0.3, -0.25) is 0 Å². The predicted molar refractivity (Wildman–Crippen MR) is 85.2 cm³/mol. The second-order valence-electron chi connectivity index (χ2n) is 5.02. The molecular formula is C15H14BrNO3S. The van der Waals surface area contributed by atoms with E-state index in [0.29, 0.717) is 10.9 Å². The van der Waals surface area contributed by atoms with E-state index in [2.05, 4.69) is 15.9 Å². The fourth-order valence-corrected chi connectivity index (χ4v) is 4.56. The fourth-order valence-electron chi connectivity index (χ4n) is 2.46. The van der Waals surface area contributed by atoms with Gasteiger partial charge in [0.15, 0.2) is 9.84 Å². The van der Waals surface area contributed by atoms with Crippen molar-refractivity contribution in [2.75, 3.05) is 11.5 Å². The summed E-state index contributed by atoms with van der Waals surface area (Å²) in [5.74, 6) is 0.683. The molecule has 2 aromatic carbocycles. The number of halogens is 1. The second-order valence-corrected chi connectivity index (χ2v) is 7.93. The third-order valence-corrected chi connectivity index (χ3v) is 5.76. The Kier molecular flexibility index (Phi) is 3.67. The number of rotatable bonds is 3. The molecule has 21 heavy (non-hydrogen) atoms. The highest BCUT2D eigenvalue weighted by atomic mass is 79.9. The number of fused-ring (bicyclic) bond motifs is 1. The molecule has 3 rings (SSSR count). The van der Waals surface area contributed by atoms with Gasteiger partial charge in [-0.15, -0.1) is 0 Å². The van der Waals surface area contributed by atoms with Crippen molar-refractivity contribution in [3.8, 4) is 5.75 Å². The zero-order valence-electron chi connectivity index (χ0n) is 11.1. The summed E-state index contributed by atoms with van der Waals surface area (Å²) in [6.45, 7) is 0. The van der Waals surface area contributed by atoms with Gasteiger partial charge in [-0.25, -0.2) is 8.42 Å². The Balaban J connectivity index is 1.84. The summed E-state index contributed by atoms with van der Waals surface area (Å²) >= 11 is 3.27. The van der Waals surface area contributed by atoms with Crippen LogP contribution in [0.3, 0.4) is 0 Å². The number of sulfone groups is 1. The molecule has 1 atom stereocenters. The summed E-state index contributed by atoms with van der Waals surface area (Å²) < 4.78 is 31.5. The summed E-state index contributed by atoms with van der Waals surface area (Å²) in [6, 6.07) is 12.4. The van der Waals surface area contributed by atoms with Gasteiger partial charge < -0.3 is 10.5 Å². The van der Waals surface area contributed by atoms with Crippen LogP contribution in [-0.4, -0.2) is 20.3 Å². The average Bonchev–Trinajstić information content (AvgIpc) is 2.82. The van der Waals surface area contributed by atoms with Crippen LogP contribution in [0.15, 0.2) is 51.8 Å². The third-order valence-electron chi connectivity index (χ3n) is 3.43. The van der Waals surface area contributed by atoms with Crippen molar-refractivity contribution >= 4 is 31.5 Å². The monoisotopic (exact) mass is 367 g/mol. The van der Waals surface area contributed by atoms with Crippen LogP contribution in [0.1, 0.15) is 5.56 Å². The lowest BCUT2D eigenvalue weighted by Gasteiger charge is -2.13. The highest BCUT2D eigenvalue weighted by molar-refractivity contribution is 9.10. The van der Waals surface area contributed by atoms with Crippen LogP contribution >= 0.6 is 15.9 Å². The molecular weight excluding hydrogens is 354 g/mol. The molecule has 1 aliphatic heterocycles. The molecule has 1 aliphatic rings. The van der Waals surface area contributed by atoms with E-state index in [1.807, 2.05) is 24.3 Å². The summed E-state index contributed by atoms with van der Waals surface area (Å²) in [5.41, 5.74) is 7.09. The van der Waals surface area contributed by atoms with Crippen molar-refractivity contribution in [3.05, 3.63) is 52.5 Å². The number of anilines is 1. The van der Waals surface area contributed by atoms with E-state index in [0.717, 1.165) is 11.3 Å². The number of nitrogens with two attached hydrogens (primary N) is 1. The van der Waals surface area contributed by atoms with Gasteiger partial charge in [-0.1, -0.05) is 34.1 Å². The number of hydrogen-bond donors (Lipinski definition) is 1. The van der Waals surface area contributed by atoms with E-state index in [9.17, 15) is 8.42 Å². The minimum atomic E-state index is -3.49. The fraction of sp³-hybridized carbons (Fsp3) is 0.200. The molecule has 0 saturated carbocycles. The van der Waals surface area contributed by atoms with Crippen molar-refractivity contribution < 1.29 is 13.2 Å². The van der Waals surface area contributed by atoms with Crippen LogP contribution < -0.4 is 10.5 Å². The smallest absolute Gasteiger partial charge is 0.184 e. The van der Waals surface area contributed by atoms with Crippen molar-refractivity contribution in [2.45, 2.75) is 17.4 Å². The SMILES string of the molecule is Nc1ccc(Br)cc1S(=O)(=O)CC1Cc2ccccc2O1. The highest BCUT2D eigenvalue weighted by Gasteiger charge is 2.29. The Hall–Kier alpha value is -1.53. The maximum Gasteiger partial charge on any atom is 0.184 e. The van der Waals surface area contributed by atoms with Gasteiger partial charge in [0.05, 0.1) is 16.3 Å². The standard InChI is InChI=1S/C15H14BrNO3S/c16-11-5-6-13(17)15(8-11)21(18,19)9-12-7-10-3-1-2-4-14(10)20-12/h1-6,8,12H,7,9,17H2. The van der Waals surface area contributed by atoms with Crippen LogP contribution in [-0.2, 0) is 16.3 Å². The molecule has 1 heterocycles. The number of benzene rings is 2. The molecule has 0 saturated heterocycles. The first-order valence-electron chi connectivity index (χ1n) is 6.48. The molecule has 0 fully saturated rings. The van der Waals surface area contributed by atoms with Crippen LogP contribution in [0.4, 0.5) is 5.69 Å². The van der Waals surface area contributed by atoms with E-state index in [4.69, 9.17) is 10.5 Å². The topological polar surface area (TPSA) is 69.4 Å². The van der Waals surface area contributed by atoms with Gasteiger partial charge in [0.25, 0.3) is 0 Å². The molecule has 0 aliphatic carbocycles. The molecule has 110 valence electrons. The summed E-state index contributed by atoms with van der Waals surface area (Å²) in [5, 5.41) is 0. The average molecular weight is 368 g/mol. The molecule has 0 spiro atoms. The summed E-state index contributed by atoms with van der Waals surface area (Å²) in [7, 11) is -3.49. The molecule has 0 radical (unpaired) electrons. The molecule has 2 N–H and O–H groups in total. The van der Waals surface area contributed by atoms with E-state index >= 15 is 0 Å².